The van der Waals surface area contributed by atoms with Crippen LogP contribution in [0.1, 0.15) is 28.8 Å². The van der Waals surface area contributed by atoms with Crippen LogP contribution in [-0.4, -0.2) is 22.1 Å². The van der Waals surface area contributed by atoms with E-state index in [0.29, 0.717) is 12.8 Å². The fourth-order valence-corrected chi connectivity index (χ4v) is 2.13. The van der Waals surface area contributed by atoms with Crippen LogP contribution < -0.4 is 5.32 Å². The highest BCUT2D eigenvalue weighted by Gasteiger charge is 2.13. The summed E-state index contributed by atoms with van der Waals surface area (Å²) in [6.07, 6.45) is 1.76. The number of aromatic hydroxyl groups is 1. The van der Waals surface area contributed by atoms with Crippen molar-refractivity contribution in [3.05, 3.63) is 59.7 Å². The molecule has 0 atom stereocenters. The molecule has 0 aromatic heterocycles. The highest BCUT2D eigenvalue weighted by Crippen LogP contribution is 2.21. The summed E-state index contributed by atoms with van der Waals surface area (Å²) in [5, 5.41) is 21.0. The molecule has 0 bridgehead atoms. The van der Waals surface area contributed by atoms with Crippen LogP contribution in [0.3, 0.4) is 0 Å². The topological polar surface area (TPSA) is 86.6 Å². The van der Waals surface area contributed by atoms with Crippen molar-refractivity contribution in [2.24, 2.45) is 0 Å². The Bertz CT molecular complexity index is 668. The van der Waals surface area contributed by atoms with Gasteiger partial charge in [-0.25, -0.2) is 4.79 Å². The molecular weight excluding hydrogens is 282 g/mol. The van der Waals surface area contributed by atoms with Crippen LogP contribution in [0.25, 0.3) is 0 Å². The van der Waals surface area contributed by atoms with Gasteiger partial charge in [-0.05, 0) is 36.6 Å². The molecule has 5 heteroatoms. The molecule has 5 nitrogen and oxygen atoms in total. The maximum Gasteiger partial charge on any atom is 0.337 e. The van der Waals surface area contributed by atoms with E-state index in [9.17, 15) is 14.7 Å². The number of carboxylic acid groups (broad SMARTS) is 1. The van der Waals surface area contributed by atoms with Gasteiger partial charge in [-0.15, -0.1) is 0 Å². The first-order chi connectivity index (χ1) is 10.6. The molecule has 22 heavy (non-hydrogen) atoms. The summed E-state index contributed by atoms with van der Waals surface area (Å²) in [7, 11) is 0. The molecule has 2 aromatic carbocycles. The summed E-state index contributed by atoms with van der Waals surface area (Å²) in [6, 6.07) is 13.7. The van der Waals surface area contributed by atoms with Crippen LogP contribution in [0.2, 0.25) is 0 Å². The highest BCUT2D eigenvalue weighted by molar-refractivity contribution is 6.00. The van der Waals surface area contributed by atoms with Gasteiger partial charge in [-0.3, -0.25) is 4.79 Å². The van der Waals surface area contributed by atoms with Gasteiger partial charge in [0.25, 0.3) is 0 Å². The van der Waals surface area contributed by atoms with Crippen molar-refractivity contribution >= 4 is 17.6 Å². The first-order valence-electron chi connectivity index (χ1n) is 6.96. The Hall–Kier alpha value is -2.82. The Morgan fingerprint density at radius 2 is 1.77 bits per heavy atom. The number of anilines is 1. The molecule has 1 amide bonds. The normalized spacial score (nSPS) is 10.2. The Kier molecular flexibility index (Phi) is 5.14. The molecule has 114 valence electrons. The number of carbonyl (C=O) groups is 2. The summed E-state index contributed by atoms with van der Waals surface area (Å²) < 4.78 is 0. The Morgan fingerprint density at radius 3 is 2.45 bits per heavy atom. The fourth-order valence-electron chi connectivity index (χ4n) is 2.13. The van der Waals surface area contributed by atoms with Crippen LogP contribution in [0.5, 0.6) is 5.75 Å². The van der Waals surface area contributed by atoms with E-state index in [4.69, 9.17) is 5.11 Å². The number of hydrogen-bond acceptors (Lipinski definition) is 3. The number of aryl methyl sites for hydroxylation is 1. The van der Waals surface area contributed by atoms with Gasteiger partial charge in [0.15, 0.2) is 0 Å². The van der Waals surface area contributed by atoms with Gasteiger partial charge in [0.2, 0.25) is 5.91 Å². The minimum Gasteiger partial charge on any atom is -0.508 e. The van der Waals surface area contributed by atoms with E-state index >= 15 is 0 Å². The summed E-state index contributed by atoms with van der Waals surface area (Å²) >= 11 is 0. The van der Waals surface area contributed by atoms with Gasteiger partial charge in [-0.1, -0.05) is 30.3 Å². The lowest BCUT2D eigenvalue weighted by atomic mass is 10.1. The molecule has 0 aliphatic heterocycles. The molecule has 0 fully saturated rings. The number of amides is 1. The van der Waals surface area contributed by atoms with E-state index in [1.807, 2.05) is 30.3 Å². The molecule has 0 aliphatic carbocycles. The minimum atomic E-state index is -1.20. The number of nitrogens with one attached hydrogen (secondary N) is 1. The van der Waals surface area contributed by atoms with Crippen molar-refractivity contribution in [1.82, 2.24) is 0 Å². The zero-order valence-electron chi connectivity index (χ0n) is 12.0. The maximum atomic E-state index is 11.9. The summed E-state index contributed by atoms with van der Waals surface area (Å²) in [6.45, 7) is 0. The lowest BCUT2D eigenvalue weighted by Gasteiger charge is -2.09. The lowest BCUT2D eigenvalue weighted by Crippen LogP contribution is -2.14. The Balaban J connectivity index is 1.91. The average Bonchev–Trinajstić information content (AvgIpc) is 2.50. The molecule has 3 N–H and O–H groups in total. The second kappa shape index (κ2) is 7.26. The molecule has 0 radical (unpaired) electrons. The number of phenolic OH excluding ortho intramolecular Hbond substituents is 1. The van der Waals surface area contributed by atoms with Crippen LogP contribution in [0, 0.1) is 0 Å². The molecule has 0 spiro atoms. The first-order valence-corrected chi connectivity index (χ1v) is 6.96. The molecule has 0 heterocycles. The summed E-state index contributed by atoms with van der Waals surface area (Å²) in [4.78, 5) is 23.0. The van der Waals surface area contributed by atoms with Crippen molar-refractivity contribution in [2.75, 3.05) is 5.32 Å². The van der Waals surface area contributed by atoms with Crippen LogP contribution in [0.4, 0.5) is 5.69 Å². The average molecular weight is 299 g/mol. The fraction of sp³-hybridized carbons (Fsp3) is 0.176. The summed E-state index contributed by atoms with van der Waals surface area (Å²) in [5.74, 6) is -1.60. The molecule has 2 aromatic rings. The number of hydrogen-bond donors (Lipinski definition) is 3. The number of carbonyl (C=O) groups excluding carboxylic acids is 1. The van der Waals surface area contributed by atoms with Gasteiger partial charge in [0, 0.05) is 6.42 Å². The third-order valence-corrected chi connectivity index (χ3v) is 3.22. The molecular formula is C17H17NO4. The molecule has 2 rings (SSSR count). The van der Waals surface area contributed by atoms with Gasteiger partial charge in [0.05, 0.1) is 11.3 Å². The Labute approximate surface area is 128 Å². The number of benzene rings is 2. The quantitative estimate of drug-likeness (QED) is 0.715. The SMILES string of the molecule is O=C(CCCc1ccccc1)Nc1ccc(O)cc1C(=O)O. The van der Waals surface area contributed by atoms with E-state index in [2.05, 4.69) is 5.32 Å². The van der Waals surface area contributed by atoms with E-state index < -0.39 is 5.97 Å². The highest BCUT2D eigenvalue weighted by atomic mass is 16.4. The number of rotatable bonds is 6. The molecule has 0 saturated heterocycles. The summed E-state index contributed by atoms with van der Waals surface area (Å²) in [5.41, 5.74) is 1.22. The largest absolute Gasteiger partial charge is 0.508 e. The number of phenols is 1. The smallest absolute Gasteiger partial charge is 0.337 e. The van der Waals surface area contributed by atoms with Gasteiger partial charge in [0.1, 0.15) is 5.75 Å². The van der Waals surface area contributed by atoms with Gasteiger partial charge >= 0.3 is 5.97 Å². The van der Waals surface area contributed by atoms with E-state index in [1.165, 1.54) is 12.1 Å². The standard InChI is InChI=1S/C17H17NO4/c19-13-9-10-15(14(11-13)17(21)22)18-16(20)8-4-7-12-5-2-1-3-6-12/h1-3,5-6,9-11,19H,4,7-8H2,(H,18,20)(H,21,22). The van der Waals surface area contributed by atoms with Crippen molar-refractivity contribution in [2.45, 2.75) is 19.3 Å². The van der Waals surface area contributed by atoms with Gasteiger partial charge in [-0.2, -0.15) is 0 Å². The predicted octanol–water partition coefficient (Wildman–Crippen LogP) is 3.05. The van der Waals surface area contributed by atoms with Crippen molar-refractivity contribution in [3.8, 4) is 5.75 Å². The predicted molar refractivity (Wildman–Crippen MR) is 83.1 cm³/mol. The van der Waals surface area contributed by atoms with Crippen molar-refractivity contribution in [3.63, 3.8) is 0 Å². The second-order valence-electron chi connectivity index (χ2n) is 4.92. The van der Waals surface area contributed by atoms with E-state index in [0.717, 1.165) is 18.1 Å². The minimum absolute atomic E-state index is 0.128. The third-order valence-electron chi connectivity index (χ3n) is 3.22. The zero-order valence-corrected chi connectivity index (χ0v) is 12.0. The molecule has 0 aliphatic rings. The van der Waals surface area contributed by atoms with Crippen LogP contribution in [-0.2, 0) is 11.2 Å². The first kappa shape index (κ1) is 15.6. The van der Waals surface area contributed by atoms with Crippen LogP contribution >= 0.6 is 0 Å². The number of aromatic carboxylic acids is 1. The van der Waals surface area contributed by atoms with Crippen molar-refractivity contribution in [1.29, 1.82) is 0 Å². The third kappa shape index (κ3) is 4.34. The Morgan fingerprint density at radius 1 is 1.05 bits per heavy atom. The van der Waals surface area contributed by atoms with Crippen molar-refractivity contribution < 1.29 is 19.8 Å². The van der Waals surface area contributed by atoms with E-state index in [-0.39, 0.29) is 22.9 Å². The molecule has 0 unspecified atom stereocenters. The van der Waals surface area contributed by atoms with Gasteiger partial charge < -0.3 is 15.5 Å². The zero-order chi connectivity index (χ0) is 15.9. The van der Waals surface area contributed by atoms with E-state index in [1.54, 1.807) is 0 Å². The van der Waals surface area contributed by atoms with Crippen LogP contribution in [0.15, 0.2) is 48.5 Å². The maximum absolute atomic E-state index is 11.9. The molecule has 0 saturated carbocycles. The lowest BCUT2D eigenvalue weighted by molar-refractivity contribution is -0.116. The second-order valence-corrected chi connectivity index (χ2v) is 4.92. The monoisotopic (exact) mass is 299 g/mol. The number of carboxylic acids is 1.